The molecule has 2 unspecified atom stereocenters. The van der Waals surface area contributed by atoms with Crippen molar-refractivity contribution >= 4 is 11.8 Å². The van der Waals surface area contributed by atoms with Crippen LogP contribution in [-0.4, -0.2) is 49.3 Å². The van der Waals surface area contributed by atoms with Crippen molar-refractivity contribution in [2.45, 2.75) is 70.7 Å². The first kappa shape index (κ1) is 19.0. The first-order chi connectivity index (χ1) is 12.6. The van der Waals surface area contributed by atoms with Crippen molar-refractivity contribution < 1.29 is 4.74 Å². The van der Waals surface area contributed by atoms with Gasteiger partial charge in [0.25, 0.3) is 0 Å². The van der Waals surface area contributed by atoms with Gasteiger partial charge in [0.2, 0.25) is 0 Å². The maximum atomic E-state index is 5.80. The Morgan fingerprint density at radius 3 is 2.54 bits per heavy atom. The van der Waals surface area contributed by atoms with Gasteiger partial charge in [0, 0.05) is 38.9 Å². The molecule has 1 aliphatic carbocycles. The van der Waals surface area contributed by atoms with Gasteiger partial charge in [-0.15, -0.1) is 0 Å². The fourth-order valence-corrected chi connectivity index (χ4v) is 3.89. The molecule has 1 aromatic rings. The minimum atomic E-state index is 0.246. The smallest absolute Gasteiger partial charge is 0.191 e. The zero-order valence-electron chi connectivity index (χ0n) is 16.4. The number of nitrogens with zero attached hydrogens (tertiary/aromatic N) is 3. The summed E-state index contributed by atoms with van der Waals surface area (Å²) in [6.07, 6.45) is 8.94. The molecule has 2 fully saturated rings. The van der Waals surface area contributed by atoms with E-state index in [1.807, 2.05) is 13.2 Å². The van der Waals surface area contributed by atoms with Gasteiger partial charge in [-0.3, -0.25) is 4.99 Å². The van der Waals surface area contributed by atoms with Crippen LogP contribution in [0.5, 0.6) is 0 Å². The van der Waals surface area contributed by atoms with Crippen LogP contribution in [0.15, 0.2) is 23.3 Å². The zero-order valence-corrected chi connectivity index (χ0v) is 16.4. The molecule has 0 amide bonds. The van der Waals surface area contributed by atoms with E-state index in [9.17, 15) is 0 Å². The molecular weight excluding hydrogens is 326 g/mol. The summed E-state index contributed by atoms with van der Waals surface area (Å²) >= 11 is 0. The number of pyridine rings is 1. The quantitative estimate of drug-likeness (QED) is 0.639. The molecule has 2 N–H and O–H groups in total. The van der Waals surface area contributed by atoms with Gasteiger partial charge in [0.15, 0.2) is 5.96 Å². The van der Waals surface area contributed by atoms with Crippen LogP contribution in [0.2, 0.25) is 0 Å². The highest BCUT2D eigenvalue weighted by Crippen LogP contribution is 2.19. The third kappa shape index (κ3) is 5.34. The lowest BCUT2D eigenvalue weighted by Crippen LogP contribution is -2.45. The minimum Gasteiger partial charge on any atom is -0.372 e. The van der Waals surface area contributed by atoms with Crippen LogP contribution >= 0.6 is 0 Å². The van der Waals surface area contributed by atoms with Gasteiger partial charge in [-0.2, -0.15) is 0 Å². The number of aliphatic imine (C=N–C) groups is 1. The minimum absolute atomic E-state index is 0.246. The fraction of sp³-hybridized carbons (Fsp3) is 0.700. The van der Waals surface area contributed by atoms with E-state index in [0.29, 0.717) is 6.04 Å². The van der Waals surface area contributed by atoms with Crippen LogP contribution in [-0.2, 0) is 11.3 Å². The summed E-state index contributed by atoms with van der Waals surface area (Å²) in [5.74, 6) is 1.91. The van der Waals surface area contributed by atoms with Crippen molar-refractivity contribution in [3.63, 3.8) is 0 Å². The fourth-order valence-electron chi connectivity index (χ4n) is 3.89. The van der Waals surface area contributed by atoms with Gasteiger partial charge >= 0.3 is 0 Å². The highest BCUT2D eigenvalue weighted by molar-refractivity contribution is 5.79. The highest BCUT2D eigenvalue weighted by atomic mass is 16.5. The molecule has 144 valence electrons. The number of guanidine groups is 1. The Kier molecular flexibility index (Phi) is 6.72. The van der Waals surface area contributed by atoms with Crippen molar-refractivity contribution in [2.24, 2.45) is 4.99 Å². The Bertz CT molecular complexity index is 572. The predicted octanol–water partition coefficient (Wildman–Crippen LogP) is 2.69. The van der Waals surface area contributed by atoms with Crippen molar-refractivity contribution in [1.29, 1.82) is 0 Å². The average molecular weight is 360 g/mol. The molecule has 0 spiro atoms. The Morgan fingerprint density at radius 1 is 1.19 bits per heavy atom. The lowest BCUT2D eigenvalue weighted by atomic mass is 9.96. The second-order valence-electron chi connectivity index (χ2n) is 7.59. The molecule has 2 atom stereocenters. The van der Waals surface area contributed by atoms with Gasteiger partial charge in [-0.05, 0) is 38.3 Å². The Balaban J connectivity index is 1.50. The first-order valence-corrected chi connectivity index (χ1v) is 9.96. The number of hydrogen-bond acceptors (Lipinski definition) is 4. The molecule has 3 rings (SSSR count). The van der Waals surface area contributed by atoms with Gasteiger partial charge in [-0.25, -0.2) is 4.98 Å². The number of morpholine rings is 1. The van der Waals surface area contributed by atoms with Gasteiger partial charge < -0.3 is 20.3 Å². The number of ether oxygens (including phenoxy) is 1. The Hall–Kier alpha value is -1.82. The number of aromatic nitrogens is 1. The van der Waals surface area contributed by atoms with E-state index in [1.165, 1.54) is 32.1 Å². The van der Waals surface area contributed by atoms with E-state index >= 15 is 0 Å². The second-order valence-corrected chi connectivity index (χ2v) is 7.59. The molecule has 1 saturated heterocycles. The van der Waals surface area contributed by atoms with E-state index in [0.717, 1.165) is 37.0 Å². The summed E-state index contributed by atoms with van der Waals surface area (Å²) < 4.78 is 5.80. The maximum Gasteiger partial charge on any atom is 0.191 e. The van der Waals surface area contributed by atoms with Crippen molar-refractivity contribution in [3.8, 4) is 0 Å². The van der Waals surface area contributed by atoms with Crippen LogP contribution in [0.4, 0.5) is 5.82 Å². The summed E-state index contributed by atoms with van der Waals surface area (Å²) in [4.78, 5) is 11.3. The van der Waals surface area contributed by atoms with Crippen molar-refractivity contribution in [3.05, 3.63) is 23.9 Å². The van der Waals surface area contributed by atoms with Crippen LogP contribution < -0.4 is 15.5 Å². The van der Waals surface area contributed by atoms with Crippen LogP contribution in [0.3, 0.4) is 0 Å². The lowest BCUT2D eigenvalue weighted by molar-refractivity contribution is -0.00545. The lowest BCUT2D eigenvalue weighted by Gasteiger charge is -2.36. The third-order valence-electron chi connectivity index (χ3n) is 5.18. The summed E-state index contributed by atoms with van der Waals surface area (Å²) in [5.41, 5.74) is 1.16. The third-order valence-corrected chi connectivity index (χ3v) is 5.18. The summed E-state index contributed by atoms with van der Waals surface area (Å²) in [6.45, 7) is 6.76. The van der Waals surface area contributed by atoms with Crippen molar-refractivity contribution in [2.75, 3.05) is 25.0 Å². The van der Waals surface area contributed by atoms with Crippen molar-refractivity contribution in [1.82, 2.24) is 15.6 Å². The molecule has 1 aliphatic heterocycles. The predicted molar refractivity (Wildman–Crippen MR) is 107 cm³/mol. The van der Waals surface area contributed by atoms with Gasteiger partial charge in [-0.1, -0.05) is 25.3 Å². The normalized spacial score (nSPS) is 25.2. The highest BCUT2D eigenvalue weighted by Gasteiger charge is 2.23. The van der Waals surface area contributed by atoms with Crippen LogP contribution in [0.1, 0.15) is 51.5 Å². The van der Waals surface area contributed by atoms with Gasteiger partial charge in [0.05, 0.1) is 12.2 Å². The number of anilines is 1. The number of nitrogens with one attached hydrogen (secondary N) is 2. The largest absolute Gasteiger partial charge is 0.372 e. The molecule has 0 radical (unpaired) electrons. The Morgan fingerprint density at radius 2 is 1.92 bits per heavy atom. The molecule has 6 nitrogen and oxygen atoms in total. The molecule has 0 aromatic carbocycles. The van der Waals surface area contributed by atoms with Crippen LogP contribution in [0, 0.1) is 0 Å². The standard InChI is InChI=1S/C20H33N5O/c1-15-13-25(14-16(2)26-15)19-10-9-17(11-22-19)12-23-20(21-3)24-18-7-5-4-6-8-18/h9-11,15-16,18H,4-8,12-14H2,1-3H3,(H2,21,23,24). The maximum absolute atomic E-state index is 5.80. The summed E-state index contributed by atoms with van der Waals surface area (Å²) in [6, 6.07) is 4.81. The Labute approximate surface area is 157 Å². The van der Waals surface area contributed by atoms with Gasteiger partial charge in [0.1, 0.15) is 5.82 Å². The number of rotatable bonds is 4. The van der Waals surface area contributed by atoms with E-state index < -0.39 is 0 Å². The zero-order chi connectivity index (χ0) is 18.4. The monoisotopic (exact) mass is 359 g/mol. The summed E-state index contributed by atoms with van der Waals surface area (Å²) in [7, 11) is 1.83. The van der Waals surface area contributed by atoms with E-state index in [-0.39, 0.29) is 12.2 Å². The molecule has 26 heavy (non-hydrogen) atoms. The molecule has 1 saturated carbocycles. The molecular formula is C20H33N5O. The topological polar surface area (TPSA) is 61.8 Å². The molecule has 1 aromatic heterocycles. The molecule has 6 heteroatoms. The first-order valence-electron chi connectivity index (χ1n) is 9.96. The molecule has 2 heterocycles. The number of hydrogen-bond donors (Lipinski definition) is 2. The molecule has 0 bridgehead atoms. The molecule has 2 aliphatic rings. The SMILES string of the molecule is CN=C(NCc1ccc(N2CC(C)OC(C)C2)nc1)NC1CCCCC1. The van der Waals surface area contributed by atoms with Crippen LogP contribution in [0.25, 0.3) is 0 Å². The van der Waals surface area contributed by atoms with E-state index in [1.54, 1.807) is 0 Å². The summed E-state index contributed by atoms with van der Waals surface area (Å²) in [5, 5.41) is 6.96. The average Bonchev–Trinajstić information content (AvgIpc) is 2.65. The van der Waals surface area contributed by atoms with E-state index in [2.05, 4.69) is 51.5 Å². The van der Waals surface area contributed by atoms with E-state index in [4.69, 9.17) is 4.74 Å². The second kappa shape index (κ2) is 9.21.